The molecule has 0 saturated carbocycles. The molecule has 0 aliphatic carbocycles. The van der Waals surface area contributed by atoms with Gasteiger partial charge in [0.2, 0.25) is 0 Å². The Bertz CT molecular complexity index is 359. The van der Waals surface area contributed by atoms with E-state index in [0.717, 1.165) is 37.7 Å². The Balaban J connectivity index is 2.05. The van der Waals surface area contributed by atoms with Crippen LogP contribution in [0.25, 0.3) is 0 Å². The third-order valence-electron chi connectivity index (χ3n) is 3.12. The van der Waals surface area contributed by atoms with Crippen LogP contribution in [0.3, 0.4) is 0 Å². The van der Waals surface area contributed by atoms with Gasteiger partial charge in [0.15, 0.2) is 0 Å². The number of aromatic hydroxyl groups is 1. The average Bonchev–Trinajstić information content (AvgIpc) is 2.13. The second-order valence-corrected chi connectivity index (χ2v) is 4.60. The summed E-state index contributed by atoms with van der Waals surface area (Å²) < 4.78 is 13.2. The maximum atomic E-state index is 13.2. The highest BCUT2D eigenvalue weighted by molar-refractivity contribution is 5.28. The van der Waals surface area contributed by atoms with Gasteiger partial charge in [-0.25, -0.2) is 4.39 Å². The lowest BCUT2D eigenvalue weighted by Gasteiger charge is -2.38. The highest BCUT2D eigenvalue weighted by Gasteiger charge is 2.23. The number of hydrogen-bond acceptors (Lipinski definition) is 3. The molecule has 17 heavy (non-hydrogen) atoms. The molecule has 0 amide bonds. The second-order valence-electron chi connectivity index (χ2n) is 4.60. The van der Waals surface area contributed by atoms with E-state index in [4.69, 9.17) is 0 Å². The van der Waals surface area contributed by atoms with Crippen molar-refractivity contribution in [3.63, 3.8) is 0 Å². The molecule has 0 bridgehead atoms. The molecule has 1 heterocycles. The predicted octanol–water partition coefficient (Wildman–Crippen LogP) is 1.72. The number of hydrogen-bond donors (Lipinski definition) is 2. The Morgan fingerprint density at radius 1 is 1.41 bits per heavy atom. The van der Waals surface area contributed by atoms with E-state index in [9.17, 15) is 9.50 Å². The summed E-state index contributed by atoms with van der Waals surface area (Å²) in [5.41, 5.74) is 0.836. The molecule has 3 nitrogen and oxygen atoms in total. The largest absolute Gasteiger partial charge is 0.508 e. The molecule has 1 saturated heterocycles. The van der Waals surface area contributed by atoms with Gasteiger partial charge in [0.05, 0.1) is 0 Å². The molecule has 1 aromatic carbocycles. The van der Waals surface area contributed by atoms with Gasteiger partial charge in [-0.1, -0.05) is 6.92 Å². The molecule has 0 spiro atoms. The topological polar surface area (TPSA) is 35.5 Å². The van der Waals surface area contributed by atoms with Crippen molar-refractivity contribution in [3.05, 3.63) is 29.6 Å². The van der Waals surface area contributed by atoms with Crippen molar-refractivity contribution in [1.29, 1.82) is 0 Å². The van der Waals surface area contributed by atoms with Crippen LogP contribution in [0.4, 0.5) is 4.39 Å². The SMILES string of the molecule is CCCN(Cc1cc(O)cc(F)c1)C1CNC1. The lowest BCUT2D eigenvalue weighted by atomic mass is 10.1. The minimum Gasteiger partial charge on any atom is -0.508 e. The van der Waals surface area contributed by atoms with Gasteiger partial charge in [-0.2, -0.15) is 0 Å². The molecule has 1 aliphatic heterocycles. The van der Waals surface area contributed by atoms with Crippen molar-refractivity contribution >= 4 is 0 Å². The van der Waals surface area contributed by atoms with E-state index in [2.05, 4.69) is 17.1 Å². The summed E-state index contributed by atoms with van der Waals surface area (Å²) in [7, 11) is 0. The fraction of sp³-hybridized carbons (Fsp3) is 0.538. The number of nitrogens with zero attached hydrogens (tertiary/aromatic N) is 1. The van der Waals surface area contributed by atoms with E-state index in [1.807, 2.05) is 0 Å². The van der Waals surface area contributed by atoms with Crippen molar-refractivity contribution in [3.8, 4) is 5.75 Å². The molecule has 0 unspecified atom stereocenters. The zero-order valence-corrected chi connectivity index (χ0v) is 10.1. The quantitative estimate of drug-likeness (QED) is 0.820. The van der Waals surface area contributed by atoms with Gasteiger partial charge < -0.3 is 10.4 Å². The number of phenolic OH excluding ortho intramolecular Hbond substituents is 1. The summed E-state index contributed by atoms with van der Waals surface area (Å²) >= 11 is 0. The summed E-state index contributed by atoms with van der Waals surface area (Å²) in [5, 5.41) is 12.6. The van der Waals surface area contributed by atoms with E-state index < -0.39 is 0 Å². The first kappa shape index (κ1) is 12.3. The number of nitrogens with one attached hydrogen (secondary N) is 1. The van der Waals surface area contributed by atoms with Crippen molar-refractivity contribution in [1.82, 2.24) is 10.2 Å². The fourth-order valence-corrected chi connectivity index (χ4v) is 2.17. The van der Waals surface area contributed by atoms with Gasteiger partial charge in [0, 0.05) is 31.7 Å². The fourth-order valence-electron chi connectivity index (χ4n) is 2.17. The summed E-state index contributed by atoms with van der Waals surface area (Å²) in [6.45, 7) is 5.85. The number of benzene rings is 1. The first-order valence-electron chi connectivity index (χ1n) is 6.12. The second kappa shape index (κ2) is 5.47. The van der Waals surface area contributed by atoms with Crippen molar-refractivity contribution in [2.24, 2.45) is 0 Å². The maximum Gasteiger partial charge on any atom is 0.127 e. The van der Waals surface area contributed by atoms with Crippen LogP contribution in [0, 0.1) is 5.82 Å². The van der Waals surface area contributed by atoms with Crippen LogP contribution in [0.2, 0.25) is 0 Å². The Morgan fingerprint density at radius 2 is 2.18 bits per heavy atom. The summed E-state index contributed by atoms with van der Waals surface area (Å²) in [6.07, 6.45) is 1.08. The monoisotopic (exact) mass is 238 g/mol. The molecular formula is C13H19FN2O. The van der Waals surface area contributed by atoms with Crippen LogP contribution in [-0.4, -0.2) is 35.7 Å². The maximum absolute atomic E-state index is 13.2. The normalized spacial score (nSPS) is 16.2. The molecule has 2 rings (SSSR count). The van der Waals surface area contributed by atoms with Crippen LogP contribution in [0.15, 0.2) is 18.2 Å². The molecule has 1 aliphatic rings. The first-order chi connectivity index (χ1) is 8.19. The Labute approximate surface area is 101 Å². The predicted molar refractivity (Wildman–Crippen MR) is 65.4 cm³/mol. The zero-order chi connectivity index (χ0) is 12.3. The minimum absolute atomic E-state index is 0.00295. The van der Waals surface area contributed by atoms with Crippen molar-refractivity contribution < 1.29 is 9.50 Å². The Kier molecular flexibility index (Phi) is 3.97. The lowest BCUT2D eigenvalue weighted by Crippen LogP contribution is -2.56. The van der Waals surface area contributed by atoms with Crippen LogP contribution >= 0.6 is 0 Å². The summed E-state index contributed by atoms with van der Waals surface area (Å²) in [5.74, 6) is -0.369. The third-order valence-corrected chi connectivity index (χ3v) is 3.12. The molecule has 0 radical (unpaired) electrons. The molecular weight excluding hydrogens is 219 g/mol. The third kappa shape index (κ3) is 3.17. The number of phenols is 1. The van der Waals surface area contributed by atoms with Gasteiger partial charge in [-0.05, 0) is 30.7 Å². The smallest absolute Gasteiger partial charge is 0.127 e. The molecule has 0 atom stereocenters. The Hall–Kier alpha value is -1.13. The van der Waals surface area contributed by atoms with Crippen molar-refractivity contribution in [2.75, 3.05) is 19.6 Å². The van der Waals surface area contributed by atoms with Crippen LogP contribution in [0.1, 0.15) is 18.9 Å². The molecule has 1 aromatic rings. The summed E-state index contributed by atoms with van der Waals surface area (Å²) in [6, 6.07) is 4.81. The lowest BCUT2D eigenvalue weighted by molar-refractivity contribution is 0.137. The van der Waals surface area contributed by atoms with E-state index >= 15 is 0 Å². The molecule has 2 N–H and O–H groups in total. The average molecular weight is 238 g/mol. The molecule has 0 aromatic heterocycles. The van der Waals surface area contributed by atoms with Gasteiger partial charge in [-0.15, -0.1) is 0 Å². The minimum atomic E-state index is -0.372. The van der Waals surface area contributed by atoms with Crippen LogP contribution in [-0.2, 0) is 6.54 Å². The van der Waals surface area contributed by atoms with Gasteiger partial charge in [0.1, 0.15) is 11.6 Å². The molecule has 94 valence electrons. The van der Waals surface area contributed by atoms with Crippen LogP contribution in [0.5, 0.6) is 5.75 Å². The van der Waals surface area contributed by atoms with E-state index in [-0.39, 0.29) is 11.6 Å². The summed E-state index contributed by atoms with van der Waals surface area (Å²) in [4.78, 5) is 2.34. The molecule has 4 heteroatoms. The highest BCUT2D eigenvalue weighted by Crippen LogP contribution is 2.18. The first-order valence-corrected chi connectivity index (χ1v) is 6.12. The van der Waals surface area contributed by atoms with Crippen molar-refractivity contribution in [2.45, 2.75) is 25.9 Å². The van der Waals surface area contributed by atoms with Gasteiger partial charge >= 0.3 is 0 Å². The zero-order valence-electron chi connectivity index (χ0n) is 10.1. The Morgan fingerprint density at radius 3 is 2.71 bits per heavy atom. The number of halogens is 1. The highest BCUT2D eigenvalue weighted by atomic mass is 19.1. The molecule has 1 fully saturated rings. The van der Waals surface area contributed by atoms with Gasteiger partial charge in [0.25, 0.3) is 0 Å². The van der Waals surface area contributed by atoms with E-state index in [1.165, 1.54) is 6.07 Å². The van der Waals surface area contributed by atoms with E-state index in [1.54, 1.807) is 6.07 Å². The standard InChI is InChI=1S/C13H19FN2O/c1-2-3-16(12-7-15-8-12)9-10-4-11(14)6-13(17)5-10/h4-6,12,15,17H,2-3,7-9H2,1H3. The number of rotatable bonds is 5. The van der Waals surface area contributed by atoms with E-state index in [0.29, 0.717) is 12.6 Å². The van der Waals surface area contributed by atoms with Gasteiger partial charge in [-0.3, -0.25) is 4.90 Å². The van der Waals surface area contributed by atoms with Crippen LogP contribution < -0.4 is 5.32 Å².